The van der Waals surface area contributed by atoms with Gasteiger partial charge in [-0.2, -0.15) is 0 Å². The van der Waals surface area contributed by atoms with E-state index in [1.807, 2.05) is 30.3 Å². The number of furan rings is 1. The van der Waals surface area contributed by atoms with Gasteiger partial charge in [0.2, 0.25) is 0 Å². The molecule has 1 aromatic carbocycles. The first-order valence-corrected chi connectivity index (χ1v) is 6.03. The molecule has 0 aliphatic heterocycles. The Kier molecular flexibility index (Phi) is 3.94. The molecule has 0 bridgehead atoms. The number of Topliss-reactive ketones (excluding diaryl/α,β-unsaturated/α-hetero) is 1. The van der Waals surface area contributed by atoms with Crippen LogP contribution in [0.25, 0.3) is 11.0 Å². The summed E-state index contributed by atoms with van der Waals surface area (Å²) in [7, 11) is 0. The zero-order chi connectivity index (χ0) is 12.1. The third-order valence-electron chi connectivity index (χ3n) is 2.81. The maximum absolute atomic E-state index is 11.9. The fourth-order valence-corrected chi connectivity index (χ4v) is 1.85. The van der Waals surface area contributed by atoms with E-state index in [9.17, 15) is 4.79 Å². The van der Waals surface area contributed by atoms with Gasteiger partial charge < -0.3 is 10.2 Å². The molecule has 2 rings (SSSR count). The van der Waals surface area contributed by atoms with Gasteiger partial charge in [-0.15, -0.1) is 0 Å². The molecule has 0 atom stereocenters. The van der Waals surface area contributed by atoms with Gasteiger partial charge >= 0.3 is 0 Å². The highest BCUT2D eigenvalue weighted by molar-refractivity contribution is 5.97. The molecule has 0 saturated heterocycles. The second kappa shape index (κ2) is 5.64. The van der Waals surface area contributed by atoms with Crippen molar-refractivity contribution in [2.24, 2.45) is 5.73 Å². The maximum atomic E-state index is 11.9. The minimum atomic E-state index is 0.0817. The van der Waals surface area contributed by atoms with Crippen LogP contribution in [0.3, 0.4) is 0 Å². The molecule has 0 aliphatic rings. The molecule has 0 saturated carbocycles. The second-order valence-corrected chi connectivity index (χ2v) is 4.17. The summed E-state index contributed by atoms with van der Waals surface area (Å²) in [5.41, 5.74) is 6.18. The van der Waals surface area contributed by atoms with E-state index >= 15 is 0 Å². The lowest BCUT2D eigenvalue weighted by Gasteiger charge is -1.97. The molecule has 0 fully saturated rings. The summed E-state index contributed by atoms with van der Waals surface area (Å²) in [4.78, 5) is 11.9. The summed E-state index contributed by atoms with van der Waals surface area (Å²) in [5.74, 6) is 0.553. The lowest BCUT2D eigenvalue weighted by molar-refractivity contribution is 0.0954. The molecule has 2 aromatic rings. The number of nitrogens with two attached hydrogens (primary N) is 1. The van der Waals surface area contributed by atoms with Crippen LogP contribution in [0.2, 0.25) is 0 Å². The van der Waals surface area contributed by atoms with Gasteiger partial charge in [-0.25, -0.2) is 0 Å². The third kappa shape index (κ3) is 2.94. The largest absolute Gasteiger partial charge is 0.453 e. The lowest BCUT2D eigenvalue weighted by Crippen LogP contribution is -2.00. The number of hydrogen-bond donors (Lipinski definition) is 1. The quantitative estimate of drug-likeness (QED) is 0.613. The molecule has 0 aliphatic carbocycles. The van der Waals surface area contributed by atoms with Crippen molar-refractivity contribution in [3.63, 3.8) is 0 Å². The predicted molar refractivity (Wildman–Crippen MR) is 68.1 cm³/mol. The Labute approximate surface area is 101 Å². The number of rotatable bonds is 6. The van der Waals surface area contributed by atoms with Gasteiger partial charge in [0.25, 0.3) is 0 Å². The molecule has 3 heteroatoms. The average Bonchev–Trinajstić information content (AvgIpc) is 2.78. The Morgan fingerprint density at radius 3 is 2.76 bits per heavy atom. The molecule has 90 valence electrons. The third-order valence-corrected chi connectivity index (χ3v) is 2.81. The van der Waals surface area contributed by atoms with E-state index in [-0.39, 0.29) is 5.78 Å². The summed E-state index contributed by atoms with van der Waals surface area (Å²) < 4.78 is 5.51. The Hall–Kier alpha value is -1.61. The first kappa shape index (κ1) is 11.9. The summed E-state index contributed by atoms with van der Waals surface area (Å²) >= 11 is 0. The molecule has 1 aromatic heterocycles. The average molecular weight is 231 g/mol. The Balaban J connectivity index is 1.99. The lowest BCUT2D eigenvalue weighted by atomic mass is 10.1. The highest BCUT2D eigenvalue weighted by Gasteiger charge is 2.11. The van der Waals surface area contributed by atoms with Crippen LogP contribution in [0, 0.1) is 0 Å². The highest BCUT2D eigenvalue weighted by Crippen LogP contribution is 2.20. The number of carbonyl (C=O) groups is 1. The van der Waals surface area contributed by atoms with Gasteiger partial charge in [-0.3, -0.25) is 4.79 Å². The van der Waals surface area contributed by atoms with Crippen molar-refractivity contribution >= 4 is 16.8 Å². The summed E-state index contributed by atoms with van der Waals surface area (Å²) in [5, 5.41) is 0.984. The second-order valence-electron chi connectivity index (χ2n) is 4.17. The number of ketones is 1. The van der Waals surface area contributed by atoms with Gasteiger partial charge in [0.15, 0.2) is 11.5 Å². The number of fused-ring (bicyclic) bond motifs is 1. The van der Waals surface area contributed by atoms with Gasteiger partial charge in [0.1, 0.15) is 5.58 Å². The number of unbranched alkanes of at least 4 members (excludes halogenated alkanes) is 2. The fraction of sp³-hybridized carbons (Fsp3) is 0.357. The molecular weight excluding hydrogens is 214 g/mol. The van der Waals surface area contributed by atoms with E-state index in [1.54, 1.807) is 0 Å². The summed E-state index contributed by atoms with van der Waals surface area (Å²) in [6, 6.07) is 9.49. The van der Waals surface area contributed by atoms with Crippen LogP contribution in [0.15, 0.2) is 34.7 Å². The summed E-state index contributed by atoms with van der Waals surface area (Å²) in [6.07, 6.45) is 3.41. The standard InChI is InChI=1S/C14H17NO2/c15-9-5-1-2-7-12(16)14-10-11-6-3-4-8-13(11)17-14/h3-4,6,8,10H,1-2,5,7,9,15H2. The van der Waals surface area contributed by atoms with Crippen molar-refractivity contribution in [3.8, 4) is 0 Å². The van der Waals surface area contributed by atoms with Crippen LogP contribution in [-0.4, -0.2) is 12.3 Å². The predicted octanol–water partition coefficient (Wildman–Crippen LogP) is 3.13. The van der Waals surface area contributed by atoms with E-state index in [4.69, 9.17) is 10.2 Å². The minimum Gasteiger partial charge on any atom is -0.453 e. The molecule has 0 unspecified atom stereocenters. The van der Waals surface area contributed by atoms with E-state index in [2.05, 4.69) is 0 Å². The van der Waals surface area contributed by atoms with Crippen LogP contribution in [0.5, 0.6) is 0 Å². The number of benzene rings is 1. The van der Waals surface area contributed by atoms with Crippen molar-refractivity contribution in [2.45, 2.75) is 25.7 Å². The molecule has 0 spiro atoms. The first-order chi connectivity index (χ1) is 8.31. The molecule has 0 amide bonds. The molecule has 1 heterocycles. The summed E-state index contributed by atoms with van der Waals surface area (Å²) in [6.45, 7) is 0.693. The normalized spacial score (nSPS) is 10.9. The van der Waals surface area contributed by atoms with Crippen molar-refractivity contribution < 1.29 is 9.21 Å². The monoisotopic (exact) mass is 231 g/mol. The molecule has 0 radical (unpaired) electrons. The van der Waals surface area contributed by atoms with Crippen LogP contribution in [-0.2, 0) is 0 Å². The number of hydrogen-bond acceptors (Lipinski definition) is 3. The van der Waals surface area contributed by atoms with Gasteiger partial charge in [0.05, 0.1) is 0 Å². The Morgan fingerprint density at radius 2 is 2.00 bits per heavy atom. The van der Waals surface area contributed by atoms with E-state index < -0.39 is 0 Å². The first-order valence-electron chi connectivity index (χ1n) is 6.03. The van der Waals surface area contributed by atoms with Gasteiger partial charge in [-0.1, -0.05) is 24.6 Å². The zero-order valence-electron chi connectivity index (χ0n) is 9.82. The van der Waals surface area contributed by atoms with Crippen LogP contribution in [0.1, 0.15) is 36.2 Å². The molecular formula is C14H17NO2. The van der Waals surface area contributed by atoms with Crippen LogP contribution >= 0.6 is 0 Å². The highest BCUT2D eigenvalue weighted by atomic mass is 16.3. The smallest absolute Gasteiger partial charge is 0.198 e. The van der Waals surface area contributed by atoms with E-state index in [0.717, 1.165) is 30.2 Å². The van der Waals surface area contributed by atoms with Gasteiger partial charge in [-0.05, 0) is 31.5 Å². The Bertz CT molecular complexity index is 469. The SMILES string of the molecule is NCCCCCC(=O)c1cc2ccccc2o1. The molecule has 3 nitrogen and oxygen atoms in total. The minimum absolute atomic E-state index is 0.0817. The van der Waals surface area contributed by atoms with Crippen LogP contribution in [0.4, 0.5) is 0 Å². The van der Waals surface area contributed by atoms with Crippen molar-refractivity contribution in [1.29, 1.82) is 0 Å². The van der Waals surface area contributed by atoms with Gasteiger partial charge in [0, 0.05) is 11.8 Å². The van der Waals surface area contributed by atoms with Crippen molar-refractivity contribution in [1.82, 2.24) is 0 Å². The van der Waals surface area contributed by atoms with Crippen molar-refractivity contribution in [3.05, 3.63) is 36.1 Å². The number of para-hydroxylation sites is 1. The maximum Gasteiger partial charge on any atom is 0.198 e. The van der Waals surface area contributed by atoms with E-state index in [1.165, 1.54) is 0 Å². The van der Waals surface area contributed by atoms with Crippen molar-refractivity contribution in [2.75, 3.05) is 6.54 Å². The molecule has 17 heavy (non-hydrogen) atoms. The van der Waals surface area contributed by atoms with E-state index in [0.29, 0.717) is 18.7 Å². The van der Waals surface area contributed by atoms with Crippen LogP contribution < -0.4 is 5.73 Å². The Morgan fingerprint density at radius 1 is 1.18 bits per heavy atom. The fourth-order valence-electron chi connectivity index (χ4n) is 1.85. The zero-order valence-corrected chi connectivity index (χ0v) is 9.82. The topological polar surface area (TPSA) is 56.2 Å². The number of carbonyl (C=O) groups excluding carboxylic acids is 1. The molecule has 2 N–H and O–H groups in total.